The minimum atomic E-state index is -3.68. The fourth-order valence-electron chi connectivity index (χ4n) is 4.36. The molecule has 24 heavy (non-hydrogen) atoms. The van der Waals surface area contributed by atoms with Crippen molar-refractivity contribution in [2.24, 2.45) is 18.1 Å². The normalized spacial score (nSPS) is 26.3. The Bertz CT molecular complexity index is 874. The highest BCUT2D eigenvalue weighted by atomic mass is 32.2. The number of nitrogens with two attached hydrogens (primary N) is 1. The molecule has 0 spiro atoms. The lowest BCUT2D eigenvalue weighted by atomic mass is 9.69. The van der Waals surface area contributed by atoms with Crippen molar-refractivity contribution >= 4 is 15.7 Å². The van der Waals surface area contributed by atoms with Gasteiger partial charge in [-0.25, -0.2) is 13.6 Å². The predicted molar refractivity (Wildman–Crippen MR) is 92.1 cm³/mol. The van der Waals surface area contributed by atoms with E-state index < -0.39 is 10.0 Å². The largest absolute Gasteiger partial charge is 0.376 e. The lowest BCUT2D eigenvalue weighted by molar-refractivity contribution is 0.259. The van der Waals surface area contributed by atoms with E-state index in [0.29, 0.717) is 11.8 Å². The fourth-order valence-corrected chi connectivity index (χ4v) is 4.91. The van der Waals surface area contributed by atoms with Gasteiger partial charge in [-0.15, -0.1) is 0 Å². The zero-order valence-electron chi connectivity index (χ0n) is 13.6. The first-order valence-electron chi connectivity index (χ1n) is 8.36. The SMILES string of the molecule is Cn1nccc1C1Nc2ccc(S(N)(=O)=O)cc2C2CCCCC21. The average molecular weight is 346 g/mol. The molecule has 0 radical (unpaired) electrons. The van der Waals surface area contributed by atoms with E-state index in [2.05, 4.69) is 16.5 Å². The third-order valence-electron chi connectivity index (χ3n) is 5.49. The van der Waals surface area contributed by atoms with Crippen molar-refractivity contribution in [1.82, 2.24) is 9.78 Å². The molecule has 1 aliphatic carbocycles. The highest BCUT2D eigenvalue weighted by Crippen LogP contribution is 2.51. The number of fused-ring (bicyclic) bond motifs is 3. The quantitative estimate of drug-likeness (QED) is 0.874. The highest BCUT2D eigenvalue weighted by molar-refractivity contribution is 7.89. The van der Waals surface area contributed by atoms with Crippen LogP contribution in [0.4, 0.5) is 5.69 Å². The van der Waals surface area contributed by atoms with E-state index in [1.807, 2.05) is 24.0 Å². The standard InChI is InChI=1S/C17H22N4O2S/c1-21-16(8-9-19-21)17-13-5-3-2-4-12(13)14-10-11(24(18,22)23)6-7-15(14)20-17/h6-10,12-13,17,20H,2-5H2,1H3,(H2,18,22,23). The molecule has 4 rings (SSSR count). The lowest BCUT2D eigenvalue weighted by Gasteiger charge is -2.43. The Kier molecular flexibility index (Phi) is 3.65. The zero-order chi connectivity index (χ0) is 16.9. The van der Waals surface area contributed by atoms with Crippen LogP contribution in [0.25, 0.3) is 0 Å². The number of hydrogen-bond donors (Lipinski definition) is 2. The number of aryl methyl sites for hydroxylation is 1. The van der Waals surface area contributed by atoms with E-state index in [4.69, 9.17) is 5.14 Å². The smallest absolute Gasteiger partial charge is 0.238 e. The number of hydrogen-bond acceptors (Lipinski definition) is 4. The molecule has 1 aromatic heterocycles. The Morgan fingerprint density at radius 3 is 2.75 bits per heavy atom. The molecule has 2 aromatic rings. The van der Waals surface area contributed by atoms with E-state index in [9.17, 15) is 8.42 Å². The van der Waals surface area contributed by atoms with Crippen LogP contribution in [0.1, 0.15) is 48.9 Å². The van der Waals surface area contributed by atoms with Crippen LogP contribution >= 0.6 is 0 Å². The number of sulfonamides is 1. The summed E-state index contributed by atoms with van der Waals surface area (Å²) in [6.45, 7) is 0. The van der Waals surface area contributed by atoms with Crippen LogP contribution < -0.4 is 10.5 Å². The van der Waals surface area contributed by atoms with Crippen LogP contribution in [0.15, 0.2) is 35.4 Å². The third kappa shape index (κ3) is 2.52. The molecule has 1 aromatic carbocycles. The number of rotatable bonds is 2. The van der Waals surface area contributed by atoms with E-state index in [0.717, 1.165) is 24.1 Å². The summed E-state index contributed by atoms with van der Waals surface area (Å²) in [7, 11) is -1.71. The number of anilines is 1. The summed E-state index contributed by atoms with van der Waals surface area (Å²) in [6, 6.07) is 7.47. The van der Waals surface area contributed by atoms with Crippen molar-refractivity contribution in [1.29, 1.82) is 0 Å². The van der Waals surface area contributed by atoms with Crippen LogP contribution in [0.5, 0.6) is 0 Å². The van der Waals surface area contributed by atoms with Crippen LogP contribution in [-0.2, 0) is 17.1 Å². The van der Waals surface area contributed by atoms with E-state index in [-0.39, 0.29) is 10.9 Å². The second-order valence-corrected chi connectivity index (χ2v) is 8.41. The molecule has 3 atom stereocenters. The summed E-state index contributed by atoms with van der Waals surface area (Å²) < 4.78 is 25.4. The monoisotopic (exact) mass is 346 g/mol. The molecule has 2 aliphatic rings. The Morgan fingerprint density at radius 2 is 2.04 bits per heavy atom. The fraction of sp³-hybridized carbons (Fsp3) is 0.471. The molecule has 1 fully saturated rings. The van der Waals surface area contributed by atoms with Gasteiger partial charge in [0, 0.05) is 18.9 Å². The Labute approximate surface area is 142 Å². The van der Waals surface area contributed by atoms with Gasteiger partial charge in [0.2, 0.25) is 10.0 Å². The molecular weight excluding hydrogens is 324 g/mol. The minimum Gasteiger partial charge on any atom is -0.376 e. The molecule has 128 valence electrons. The van der Waals surface area contributed by atoms with Crippen molar-refractivity contribution in [2.75, 3.05) is 5.32 Å². The number of primary sulfonamides is 1. The van der Waals surface area contributed by atoms with Gasteiger partial charge < -0.3 is 5.32 Å². The lowest BCUT2D eigenvalue weighted by Crippen LogP contribution is -2.35. The van der Waals surface area contributed by atoms with E-state index in [1.54, 1.807) is 12.1 Å². The molecule has 0 saturated heterocycles. The maximum atomic E-state index is 11.7. The van der Waals surface area contributed by atoms with Crippen LogP contribution in [-0.4, -0.2) is 18.2 Å². The van der Waals surface area contributed by atoms with Crippen molar-refractivity contribution in [3.63, 3.8) is 0 Å². The first-order chi connectivity index (χ1) is 11.4. The summed E-state index contributed by atoms with van der Waals surface area (Å²) >= 11 is 0. The highest BCUT2D eigenvalue weighted by Gasteiger charge is 2.40. The molecule has 2 heterocycles. The molecule has 0 amide bonds. The third-order valence-corrected chi connectivity index (χ3v) is 6.40. The molecule has 0 bridgehead atoms. The minimum absolute atomic E-state index is 0.200. The van der Waals surface area contributed by atoms with Crippen molar-refractivity contribution in [3.05, 3.63) is 41.7 Å². The first-order valence-corrected chi connectivity index (χ1v) is 9.91. The number of nitrogens with one attached hydrogen (secondary N) is 1. The Hall–Kier alpha value is -1.86. The zero-order valence-corrected chi connectivity index (χ0v) is 14.5. The van der Waals surface area contributed by atoms with E-state index in [1.165, 1.54) is 18.5 Å². The van der Waals surface area contributed by atoms with Crippen molar-refractivity contribution in [2.45, 2.75) is 42.5 Å². The predicted octanol–water partition coefficient (Wildman–Crippen LogP) is 2.51. The van der Waals surface area contributed by atoms with E-state index >= 15 is 0 Å². The van der Waals surface area contributed by atoms with Gasteiger partial charge in [0.1, 0.15) is 0 Å². The summed E-state index contributed by atoms with van der Waals surface area (Å²) in [6.07, 6.45) is 6.43. The number of nitrogens with zero attached hydrogens (tertiary/aromatic N) is 2. The number of aromatic nitrogens is 2. The maximum absolute atomic E-state index is 11.7. The summed E-state index contributed by atoms with van der Waals surface area (Å²) in [4.78, 5) is 0.200. The summed E-state index contributed by atoms with van der Waals surface area (Å²) in [5.74, 6) is 0.800. The van der Waals surface area contributed by atoms with Crippen molar-refractivity contribution in [3.8, 4) is 0 Å². The van der Waals surface area contributed by atoms with Gasteiger partial charge in [0.05, 0.1) is 16.6 Å². The van der Waals surface area contributed by atoms with Gasteiger partial charge in [-0.2, -0.15) is 5.10 Å². The van der Waals surface area contributed by atoms with Gasteiger partial charge in [-0.1, -0.05) is 12.8 Å². The van der Waals surface area contributed by atoms with Gasteiger partial charge in [-0.3, -0.25) is 4.68 Å². The second-order valence-electron chi connectivity index (χ2n) is 6.85. The van der Waals surface area contributed by atoms with Gasteiger partial charge in [0.25, 0.3) is 0 Å². The molecule has 3 unspecified atom stereocenters. The van der Waals surface area contributed by atoms with Gasteiger partial charge in [0.15, 0.2) is 0 Å². The number of benzene rings is 1. The van der Waals surface area contributed by atoms with Gasteiger partial charge >= 0.3 is 0 Å². The Morgan fingerprint density at radius 1 is 1.25 bits per heavy atom. The van der Waals surface area contributed by atoms with Crippen LogP contribution in [0.2, 0.25) is 0 Å². The topological polar surface area (TPSA) is 90.0 Å². The molecular formula is C17H22N4O2S. The Balaban J connectivity index is 1.82. The summed E-state index contributed by atoms with van der Waals surface area (Å²) in [5, 5.41) is 13.3. The first kappa shape index (κ1) is 15.7. The molecule has 7 heteroatoms. The van der Waals surface area contributed by atoms with Crippen LogP contribution in [0.3, 0.4) is 0 Å². The molecule has 1 saturated carbocycles. The average Bonchev–Trinajstić information content (AvgIpc) is 2.98. The second kappa shape index (κ2) is 5.60. The molecule has 3 N–H and O–H groups in total. The van der Waals surface area contributed by atoms with Gasteiger partial charge in [-0.05, 0) is 54.5 Å². The molecule has 1 aliphatic heterocycles. The molecule has 6 nitrogen and oxygen atoms in total. The summed E-state index contributed by atoms with van der Waals surface area (Å²) in [5.41, 5.74) is 3.27. The van der Waals surface area contributed by atoms with Crippen LogP contribution in [0, 0.1) is 5.92 Å². The maximum Gasteiger partial charge on any atom is 0.238 e. The van der Waals surface area contributed by atoms with Crippen molar-refractivity contribution < 1.29 is 8.42 Å².